The summed E-state index contributed by atoms with van der Waals surface area (Å²) in [4.78, 5) is 25.2. The Balaban J connectivity index is 2.14. The number of pyridine rings is 1. The van der Waals surface area contributed by atoms with Gasteiger partial charge in [0, 0.05) is 0 Å². The van der Waals surface area contributed by atoms with E-state index in [-0.39, 0.29) is 19.0 Å². The number of nitrogens with one attached hydrogen (secondary N) is 2. The van der Waals surface area contributed by atoms with Crippen LogP contribution in [0.15, 0.2) is 12.1 Å². The normalized spacial score (nSPS) is 13.4. The lowest BCUT2D eigenvalue weighted by atomic mass is 10.3. The van der Waals surface area contributed by atoms with Crippen LogP contribution in [0.25, 0.3) is 0 Å². The van der Waals surface area contributed by atoms with E-state index in [1.165, 1.54) is 0 Å². The van der Waals surface area contributed by atoms with Crippen LogP contribution in [0.5, 0.6) is 5.88 Å². The summed E-state index contributed by atoms with van der Waals surface area (Å²) in [6.07, 6.45) is -1.13. The Hall–Kier alpha value is -2.31. The number of carbonyl (C=O) groups excluding carboxylic acids is 1. The quantitative estimate of drug-likeness (QED) is 0.618. The molecule has 0 radical (unpaired) electrons. The molecule has 0 bridgehead atoms. The summed E-state index contributed by atoms with van der Waals surface area (Å²) in [5, 5.41) is 13.4. The van der Waals surface area contributed by atoms with Crippen LogP contribution in [0.4, 0.5) is 10.5 Å². The van der Waals surface area contributed by atoms with E-state index in [1.54, 1.807) is 12.1 Å². The summed E-state index contributed by atoms with van der Waals surface area (Å²) in [5.41, 5.74) is 1.11. The van der Waals surface area contributed by atoms with E-state index in [2.05, 4.69) is 15.6 Å². The average Bonchev–Trinajstić information content (AvgIpc) is 2.25. The van der Waals surface area contributed by atoms with E-state index >= 15 is 0 Å². The molecule has 84 valence electrons. The first-order valence-electron chi connectivity index (χ1n) is 4.56. The maximum absolute atomic E-state index is 11.0. The molecular weight excluding hydrogens is 214 g/mol. The molecule has 1 amide bonds. The minimum Gasteiger partial charge on any atom is -0.465 e. The van der Waals surface area contributed by atoms with E-state index in [0.29, 0.717) is 11.4 Å². The van der Waals surface area contributed by atoms with Gasteiger partial charge in [-0.2, -0.15) is 0 Å². The smallest absolute Gasteiger partial charge is 0.404 e. The van der Waals surface area contributed by atoms with Crippen molar-refractivity contribution < 1.29 is 19.4 Å². The predicted octanol–water partition coefficient (Wildman–Crippen LogP) is 0.180. The maximum Gasteiger partial charge on any atom is 0.404 e. The number of anilines is 1. The van der Waals surface area contributed by atoms with Gasteiger partial charge in [-0.05, 0) is 12.1 Å². The van der Waals surface area contributed by atoms with E-state index in [4.69, 9.17) is 9.84 Å². The van der Waals surface area contributed by atoms with Crippen molar-refractivity contribution in [2.24, 2.45) is 0 Å². The predicted molar refractivity (Wildman–Crippen MR) is 53.2 cm³/mol. The Bertz CT molecular complexity index is 446. The van der Waals surface area contributed by atoms with E-state index in [1.807, 2.05) is 0 Å². The van der Waals surface area contributed by atoms with Crippen LogP contribution >= 0.6 is 0 Å². The van der Waals surface area contributed by atoms with Gasteiger partial charge in [-0.25, -0.2) is 14.6 Å². The third kappa shape index (κ3) is 2.19. The molecular formula is C9H9N3O4. The molecule has 1 aromatic heterocycles. The monoisotopic (exact) mass is 223 g/mol. The summed E-state index contributed by atoms with van der Waals surface area (Å²) < 4.78 is 4.89. The standard InChI is InChI=1S/C9H9N3O4/c13-7-4-10-6-2-1-5(3-11-9(14)15)12-8(6)16-7/h1-2,10-11H,3-4H2,(H,14,15). The van der Waals surface area contributed by atoms with E-state index < -0.39 is 12.1 Å². The van der Waals surface area contributed by atoms with Gasteiger partial charge in [-0.1, -0.05) is 0 Å². The lowest BCUT2D eigenvalue weighted by Gasteiger charge is -2.16. The third-order valence-electron chi connectivity index (χ3n) is 1.97. The largest absolute Gasteiger partial charge is 0.465 e. The molecule has 0 saturated carbocycles. The Morgan fingerprint density at radius 3 is 3.19 bits per heavy atom. The molecule has 1 aliphatic heterocycles. The average molecular weight is 223 g/mol. The van der Waals surface area contributed by atoms with Crippen molar-refractivity contribution in [3.8, 4) is 5.88 Å². The number of fused-ring (bicyclic) bond motifs is 1. The number of esters is 1. The van der Waals surface area contributed by atoms with Crippen LogP contribution in [0.1, 0.15) is 5.69 Å². The highest BCUT2D eigenvalue weighted by molar-refractivity contribution is 5.82. The van der Waals surface area contributed by atoms with Crippen LogP contribution in [0, 0.1) is 0 Å². The number of hydrogen-bond donors (Lipinski definition) is 3. The van der Waals surface area contributed by atoms with Crippen molar-refractivity contribution in [2.45, 2.75) is 6.54 Å². The van der Waals surface area contributed by atoms with Gasteiger partial charge in [0.2, 0.25) is 5.88 Å². The zero-order chi connectivity index (χ0) is 11.5. The van der Waals surface area contributed by atoms with Crippen LogP contribution in [-0.2, 0) is 11.3 Å². The van der Waals surface area contributed by atoms with Crippen molar-refractivity contribution in [1.82, 2.24) is 10.3 Å². The second-order valence-corrected chi connectivity index (χ2v) is 3.14. The van der Waals surface area contributed by atoms with Gasteiger partial charge in [-0.3, -0.25) is 0 Å². The number of hydrogen-bond acceptors (Lipinski definition) is 5. The topological polar surface area (TPSA) is 101 Å². The highest BCUT2D eigenvalue weighted by atomic mass is 16.5. The molecule has 0 aliphatic carbocycles. The molecule has 7 nitrogen and oxygen atoms in total. The fraction of sp³-hybridized carbons (Fsp3) is 0.222. The van der Waals surface area contributed by atoms with Crippen LogP contribution in [-0.4, -0.2) is 28.7 Å². The Morgan fingerprint density at radius 1 is 1.62 bits per heavy atom. The zero-order valence-electron chi connectivity index (χ0n) is 8.19. The molecule has 0 fully saturated rings. The lowest BCUT2D eigenvalue weighted by Crippen LogP contribution is -2.26. The van der Waals surface area contributed by atoms with Crippen LogP contribution in [0.2, 0.25) is 0 Å². The molecule has 0 spiro atoms. The van der Waals surface area contributed by atoms with E-state index in [0.717, 1.165) is 0 Å². The minimum absolute atomic E-state index is 0.0696. The number of aromatic nitrogens is 1. The fourth-order valence-electron chi connectivity index (χ4n) is 1.27. The number of carbonyl (C=O) groups is 2. The molecule has 0 aromatic carbocycles. The van der Waals surface area contributed by atoms with Gasteiger partial charge in [0.05, 0.1) is 17.9 Å². The van der Waals surface area contributed by atoms with Gasteiger partial charge in [0.25, 0.3) is 0 Å². The molecule has 0 unspecified atom stereocenters. The molecule has 1 aliphatic rings. The van der Waals surface area contributed by atoms with Gasteiger partial charge in [-0.15, -0.1) is 0 Å². The molecule has 2 heterocycles. The molecule has 2 rings (SSSR count). The van der Waals surface area contributed by atoms with Crippen molar-refractivity contribution in [3.05, 3.63) is 17.8 Å². The van der Waals surface area contributed by atoms with Gasteiger partial charge in [0.1, 0.15) is 6.54 Å². The second-order valence-electron chi connectivity index (χ2n) is 3.14. The number of nitrogens with zero attached hydrogens (tertiary/aromatic N) is 1. The zero-order valence-corrected chi connectivity index (χ0v) is 8.19. The van der Waals surface area contributed by atoms with Crippen molar-refractivity contribution >= 4 is 17.7 Å². The first-order valence-corrected chi connectivity index (χ1v) is 4.56. The van der Waals surface area contributed by atoms with E-state index in [9.17, 15) is 9.59 Å². The lowest BCUT2D eigenvalue weighted by molar-refractivity contribution is -0.133. The summed E-state index contributed by atoms with van der Waals surface area (Å²) in [6.45, 7) is 0.182. The number of rotatable bonds is 2. The number of carboxylic acid groups (broad SMARTS) is 1. The van der Waals surface area contributed by atoms with Gasteiger partial charge < -0.3 is 20.5 Å². The van der Waals surface area contributed by atoms with Crippen LogP contribution in [0.3, 0.4) is 0 Å². The van der Waals surface area contributed by atoms with Gasteiger partial charge >= 0.3 is 12.1 Å². The molecule has 7 heteroatoms. The Kier molecular flexibility index (Phi) is 2.59. The second kappa shape index (κ2) is 4.05. The first kappa shape index (κ1) is 10.2. The summed E-state index contributed by atoms with van der Waals surface area (Å²) in [7, 11) is 0. The molecule has 1 aromatic rings. The highest BCUT2D eigenvalue weighted by Crippen LogP contribution is 2.24. The molecule has 16 heavy (non-hydrogen) atoms. The van der Waals surface area contributed by atoms with Crippen molar-refractivity contribution in [3.63, 3.8) is 0 Å². The molecule has 0 atom stereocenters. The number of amides is 1. The molecule has 0 saturated heterocycles. The summed E-state index contributed by atoms with van der Waals surface area (Å²) >= 11 is 0. The fourth-order valence-corrected chi connectivity index (χ4v) is 1.27. The summed E-state index contributed by atoms with van der Waals surface area (Å²) in [6, 6.07) is 3.34. The Labute approximate surface area is 90.4 Å². The van der Waals surface area contributed by atoms with Crippen molar-refractivity contribution in [2.75, 3.05) is 11.9 Å². The SMILES string of the molecule is O=C(O)NCc1ccc2c(n1)OC(=O)CN2. The number of ether oxygens (including phenoxy) is 1. The first-order chi connectivity index (χ1) is 7.65. The van der Waals surface area contributed by atoms with Crippen molar-refractivity contribution in [1.29, 1.82) is 0 Å². The molecule has 3 N–H and O–H groups in total. The highest BCUT2D eigenvalue weighted by Gasteiger charge is 2.17. The summed E-state index contributed by atoms with van der Waals surface area (Å²) in [5.74, 6) is -0.232. The van der Waals surface area contributed by atoms with Crippen LogP contribution < -0.4 is 15.4 Å². The Morgan fingerprint density at radius 2 is 2.44 bits per heavy atom. The van der Waals surface area contributed by atoms with Gasteiger partial charge in [0.15, 0.2) is 0 Å². The maximum atomic E-state index is 11.0. The third-order valence-corrected chi connectivity index (χ3v) is 1.97. The minimum atomic E-state index is -1.13.